The lowest BCUT2D eigenvalue weighted by atomic mass is 9.89. The minimum absolute atomic E-state index is 0.385. The summed E-state index contributed by atoms with van der Waals surface area (Å²) in [4.78, 5) is 3.82. The Bertz CT molecular complexity index is 466. The number of aromatic nitrogens is 1. The van der Waals surface area contributed by atoms with Gasteiger partial charge in [0.15, 0.2) is 0 Å². The van der Waals surface area contributed by atoms with Crippen molar-refractivity contribution in [2.45, 2.75) is 37.9 Å². The van der Waals surface area contributed by atoms with Gasteiger partial charge in [0.2, 0.25) is 0 Å². The molecule has 6 heteroatoms. The summed E-state index contributed by atoms with van der Waals surface area (Å²) >= 11 is 0. The monoisotopic (exact) mass is 285 g/mol. The fourth-order valence-electron chi connectivity index (χ4n) is 2.91. The van der Waals surface area contributed by atoms with Gasteiger partial charge in [0.25, 0.3) is 0 Å². The summed E-state index contributed by atoms with van der Waals surface area (Å²) in [7, 11) is 0. The second kappa shape index (κ2) is 4.91. The Morgan fingerprint density at radius 2 is 2.10 bits per heavy atom. The molecule has 1 aliphatic carbocycles. The molecule has 1 saturated heterocycles. The van der Waals surface area contributed by atoms with E-state index < -0.39 is 11.7 Å². The molecule has 1 atom stereocenters. The predicted molar refractivity (Wildman–Crippen MR) is 70.4 cm³/mol. The smallest absolute Gasteiger partial charge is 0.369 e. The van der Waals surface area contributed by atoms with Gasteiger partial charge in [-0.15, -0.1) is 0 Å². The third-order valence-corrected chi connectivity index (χ3v) is 4.35. The second-order valence-electron chi connectivity index (χ2n) is 5.92. The first kappa shape index (κ1) is 13.7. The van der Waals surface area contributed by atoms with Crippen LogP contribution in [0, 0.1) is 5.41 Å². The first-order chi connectivity index (χ1) is 9.47. The van der Waals surface area contributed by atoms with Crippen LogP contribution in [-0.2, 0) is 6.18 Å². The molecule has 2 aliphatic rings. The Kier molecular flexibility index (Phi) is 3.36. The van der Waals surface area contributed by atoms with Crippen LogP contribution in [0.3, 0.4) is 0 Å². The summed E-state index contributed by atoms with van der Waals surface area (Å²) in [6.45, 7) is 1.74. The lowest BCUT2D eigenvalue weighted by Gasteiger charge is -2.30. The number of nitrogens with zero attached hydrogens (tertiary/aromatic N) is 1. The van der Waals surface area contributed by atoms with Crippen LogP contribution in [0.15, 0.2) is 18.3 Å². The topological polar surface area (TPSA) is 37.0 Å². The molecule has 1 aliphatic heterocycles. The molecular weight excluding hydrogens is 267 g/mol. The summed E-state index contributed by atoms with van der Waals surface area (Å²) in [6.07, 6.45) is 1.60. The molecule has 3 nitrogen and oxygen atoms in total. The molecule has 2 fully saturated rings. The van der Waals surface area contributed by atoms with E-state index in [4.69, 9.17) is 0 Å². The van der Waals surface area contributed by atoms with E-state index in [1.54, 1.807) is 0 Å². The SMILES string of the molecule is FC(F)(F)c1ccc(NC[C@@H]2CC3(CCN2)CC3)nc1. The number of anilines is 1. The van der Waals surface area contributed by atoms with E-state index in [-0.39, 0.29) is 0 Å². The zero-order valence-corrected chi connectivity index (χ0v) is 11.1. The predicted octanol–water partition coefficient (Wildman–Crippen LogP) is 3.04. The standard InChI is InChI=1S/C14H18F3N3/c15-14(16,17)10-1-2-12(19-8-10)20-9-11-7-13(3-4-13)5-6-18-11/h1-2,8,11,18H,3-7,9H2,(H,19,20)/t11-/m0/s1. The molecule has 0 radical (unpaired) electrons. The zero-order valence-electron chi connectivity index (χ0n) is 11.1. The average Bonchev–Trinajstić information content (AvgIpc) is 3.15. The van der Waals surface area contributed by atoms with E-state index in [0.29, 0.717) is 23.8 Å². The van der Waals surface area contributed by atoms with Crippen molar-refractivity contribution < 1.29 is 13.2 Å². The summed E-state index contributed by atoms with van der Waals surface area (Å²) in [5, 5.41) is 6.57. The number of hydrogen-bond acceptors (Lipinski definition) is 3. The van der Waals surface area contributed by atoms with Crippen LogP contribution in [-0.4, -0.2) is 24.1 Å². The molecule has 0 amide bonds. The van der Waals surface area contributed by atoms with Gasteiger partial charge in [-0.2, -0.15) is 13.2 Å². The second-order valence-corrected chi connectivity index (χ2v) is 5.92. The van der Waals surface area contributed by atoms with Gasteiger partial charge in [-0.05, 0) is 49.8 Å². The third-order valence-electron chi connectivity index (χ3n) is 4.35. The number of pyridine rings is 1. The van der Waals surface area contributed by atoms with Crippen molar-refractivity contribution in [3.05, 3.63) is 23.9 Å². The largest absolute Gasteiger partial charge is 0.417 e. The van der Waals surface area contributed by atoms with Crippen LogP contribution >= 0.6 is 0 Å². The van der Waals surface area contributed by atoms with Gasteiger partial charge in [0.1, 0.15) is 5.82 Å². The number of alkyl halides is 3. The molecule has 2 heterocycles. The third kappa shape index (κ3) is 3.06. The van der Waals surface area contributed by atoms with Gasteiger partial charge < -0.3 is 10.6 Å². The van der Waals surface area contributed by atoms with Crippen molar-refractivity contribution in [3.63, 3.8) is 0 Å². The van der Waals surface area contributed by atoms with Crippen LogP contribution < -0.4 is 10.6 Å². The molecule has 2 N–H and O–H groups in total. The molecule has 0 unspecified atom stereocenters. The van der Waals surface area contributed by atoms with Crippen molar-refractivity contribution in [2.24, 2.45) is 5.41 Å². The Morgan fingerprint density at radius 1 is 1.30 bits per heavy atom. The number of halogens is 3. The van der Waals surface area contributed by atoms with Crippen LogP contribution in [0.1, 0.15) is 31.2 Å². The highest BCUT2D eigenvalue weighted by Crippen LogP contribution is 2.53. The minimum atomic E-state index is -4.32. The fraction of sp³-hybridized carbons (Fsp3) is 0.643. The van der Waals surface area contributed by atoms with E-state index in [1.807, 2.05) is 0 Å². The van der Waals surface area contributed by atoms with Crippen LogP contribution in [0.4, 0.5) is 19.0 Å². The van der Waals surface area contributed by atoms with Gasteiger partial charge in [-0.25, -0.2) is 4.98 Å². The molecule has 1 spiro atoms. The Balaban J connectivity index is 1.53. The molecule has 1 aromatic heterocycles. The van der Waals surface area contributed by atoms with E-state index in [2.05, 4.69) is 15.6 Å². The lowest BCUT2D eigenvalue weighted by molar-refractivity contribution is -0.137. The van der Waals surface area contributed by atoms with Gasteiger partial charge in [0.05, 0.1) is 5.56 Å². The van der Waals surface area contributed by atoms with Crippen LogP contribution in [0.5, 0.6) is 0 Å². The Hall–Kier alpha value is -1.30. The van der Waals surface area contributed by atoms with Gasteiger partial charge in [0, 0.05) is 18.8 Å². The number of piperidine rings is 1. The molecule has 0 aromatic carbocycles. The van der Waals surface area contributed by atoms with Crippen LogP contribution in [0.25, 0.3) is 0 Å². The highest BCUT2D eigenvalue weighted by atomic mass is 19.4. The maximum atomic E-state index is 12.4. The van der Waals surface area contributed by atoms with Gasteiger partial charge >= 0.3 is 6.18 Å². The maximum Gasteiger partial charge on any atom is 0.417 e. The van der Waals surface area contributed by atoms with Gasteiger partial charge in [-0.1, -0.05) is 0 Å². The quantitative estimate of drug-likeness (QED) is 0.896. The van der Waals surface area contributed by atoms with Crippen molar-refractivity contribution in [2.75, 3.05) is 18.4 Å². The highest BCUT2D eigenvalue weighted by molar-refractivity contribution is 5.36. The summed E-state index contributed by atoms with van der Waals surface area (Å²) in [6, 6.07) is 2.83. The highest BCUT2D eigenvalue weighted by Gasteiger charge is 2.45. The molecule has 110 valence electrons. The summed E-state index contributed by atoms with van der Waals surface area (Å²) < 4.78 is 37.3. The van der Waals surface area contributed by atoms with Gasteiger partial charge in [-0.3, -0.25) is 0 Å². The van der Waals surface area contributed by atoms with Crippen molar-refractivity contribution in [1.29, 1.82) is 0 Å². The van der Waals surface area contributed by atoms with E-state index in [1.165, 1.54) is 25.3 Å². The van der Waals surface area contributed by atoms with Crippen molar-refractivity contribution in [3.8, 4) is 0 Å². The molecule has 1 saturated carbocycles. The Morgan fingerprint density at radius 3 is 2.70 bits per heavy atom. The molecular formula is C14H18F3N3. The zero-order chi connectivity index (χ0) is 14.2. The molecule has 20 heavy (non-hydrogen) atoms. The lowest BCUT2D eigenvalue weighted by Crippen LogP contribution is -2.43. The first-order valence-electron chi connectivity index (χ1n) is 6.97. The number of nitrogens with one attached hydrogen (secondary N) is 2. The average molecular weight is 285 g/mol. The maximum absolute atomic E-state index is 12.4. The number of rotatable bonds is 3. The molecule has 0 bridgehead atoms. The normalized spacial score (nSPS) is 24.6. The molecule has 3 rings (SSSR count). The van der Waals surface area contributed by atoms with E-state index in [9.17, 15) is 13.2 Å². The minimum Gasteiger partial charge on any atom is -0.369 e. The first-order valence-corrected chi connectivity index (χ1v) is 6.97. The van der Waals surface area contributed by atoms with Crippen LogP contribution in [0.2, 0.25) is 0 Å². The van der Waals surface area contributed by atoms with Crippen molar-refractivity contribution >= 4 is 5.82 Å². The summed E-state index contributed by atoms with van der Waals surface area (Å²) in [5.74, 6) is 0.496. The molecule has 1 aromatic rings. The van der Waals surface area contributed by atoms with E-state index in [0.717, 1.165) is 25.2 Å². The van der Waals surface area contributed by atoms with Crippen molar-refractivity contribution in [1.82, 2.24) is 10.3 Å². The fourth-order valence-corrected chi connectivity index (χ4v) is 2.91. The van der Waals surface area contributed by atoms with E-state index >= 15 is 0 Å². The Labute approximate surface area is 116 Å². The summed E-state index contributed by atoms with van der Waals surface area (Å²) in [5.41, 5.74) is -0.152. The number of hydrogen-bond donors (Lipinski definition) is 2.